The van der Waals surface area contributed by atoms with Gasteiger partial charge in [0, 0.05) is 0 Å². The van der Waals surface area contributed by atoms with Crippen molar-refractivity contribution < 1.29 is 0 Å². The monoisotopic (exact) mass is 156 g/mol. The zero-order valence-electron chi connectivity index (χ0n) is 7.89. The van der Waals surface area contributed by atoms with Gasteiger partial charge in [-0.15, -0.1) is 5.73 Å². The normalized spacial score (nSPS) is 16.8. The molecule has 0 spiro atoms. The fraction of sp³-hybridized carbons (Fsp3) is 0.364. The summed E-state index contributed by atoms with van der Waals surface area (Å²) in [6.45, 7) is 6.30. The molecule has 1 rings (SSSR count). The van der Waals surface area contributed by atoms with Crippen LogP contribution in [0.2, 0.25) is 0 Å². The predicted molar refractivity (Wildman–Crippen MR) is 54.0 cm³/mol. The molecule has 0 aromatic rings. The lowest BCUT2D eigenvalue weighted by molar-refractivity contribution is 0.793. The van der Waals surface area contributed by atoms with Crippen LogP contribution in [0.3, 0.4) is 0 Å². The molecule has 1 aliphatic rings. The molecule has 0 nitrogen and oxygen atoms in total. The van der Waals surface area contributed by atoms with Gasteiger partial charge in [-0.3, -0.25) is 0 Å². The molecule has 0 saturated carbocycles. The van der Waals surface area contributed by atoms with E-state index >= 15 is 0 Å². The van der Waals surface area contributed by atoms with E-state index in [1.165, 1.54) is 5.57 Å². The highest BCUT2D eigenvalue weighted by Gasteiger charge is 2.00. The van der Waals surface area contributed by atoms with Gasteiger partial charge in [0.05, 0.1) is 0 Å². The van der Waals surface area contributed by atoms with E-state index in [0.717, 1.165) is 11.0 Å². The Balaban J connectivity index is 3.07. The highest BCUT2D eigenvalue weighted by Crippen LogP contribution is 2.15. The molecule has 0 amide bonds. The van der Waals surface area contributed by atoms with E-state index in [1.807, 2.05) is 25.2 Å². The van der Waals surface area contributed by atoms with Crippen LogP contribution in [0.1, 0.15) is 20.8 Å². The summed E-state index contributed by atoms with van der Waals surface area (Å²) in [6, 6.07) is 0. The zero-order chi connectivity index (χ0) is 9.14. The van der Waals surface area contributed by atoms with E-state index < -0.39 is 0 Å². The van der Waals surface area contributed by atoms with Crippen LogP contribution in [0.5, 0.6) is 0 Å². The molecule has 12 heavy (non-hydrogen) atoms. The molecule has 0 heterocycles. The minimum atomic E-state index is 0.485. The van der Waals surface area contributed by atoms with Crippen molar-refractivity contribution >= 4 is 7.85 Å². The van der Waals surface area contributed by atoms with E-state index in [9.17, 15) is 0 Å². The van der Waals surface area contributed by atoms with Crippen LogP contribution in [0.25, 0.3) is 0 Å². The lowest BCUT2D eigenvalue weighted by atomic mass is 9.90. The van der Waals surface area contributed by atoms with Gasteiger partial charge in [0.1, 0.15) is 7.85 Å². The molecule has 60 valence electrons. The SMILES string of the molecule is [B]C1=CC(C(C)C)=C=CC(C)=C1. The Morgan fingerprint density at radius 1 is 1.33 bits per heavy atom. The maximum atomic E-state index is 5.76. The summed E-state index contributed by atoms with van der Waals surface area (Å²) < 4.78 is 0. The van der Waals surface area contributed by atoms with Gasteiger partial charge in [-0.2, -0.15) is 0 Å². The lowest BCUT2D eigenvalue weighted by Crippen LogP contribution is -1.89. The van der Waals surface area contributed by atoms with Crippen molar-refractivity contribution in [2.45, 2.75) is 20.8 Å². The van der Waals surface area contributed by atoms with Gasteiger partial charge in [0.15, 0.2) is 0 Å². The molecule has 0 saturated heterocycles. The fourth-order valence-corrected chi connectivity index (χ4v) is 1.10. The number of allylic oxidation sites excluding steroid dienone is 5. The predicted octanol–water partition coefficient (Wildman–Crippen LogP) is 2.74. The average molecular weight is 156 g/mol. The first-order chi connectivity index (χ1) is 5.59. The topological polar surface area (TPSA) is 0 Å². The van der Waals surface area contributed by atoms with Crippen molar-refractivity contribution in [2.75, 3.05) is 0 Å². The summed E-state index contributed by atoms with van der Waals surface area (Å²) in [4.78, 5) is 0. The summed E-state index contributed by atoms with van der Waals surface area (Å²) in [6.07, 6.45) is 5.92. The van der Waals surface area contributed by atoms with Crippen LogP contribution in [-0.2, 0) is 0 Å². The number of hydrogen-bond donors (Lipinski definition) is 0. The zero-order valence-corrected chi connectivity index (χ0v) is 7.89. The van der Waals surface area contributed by atoms with Crippen LogP contribution in [0.15, 0.2) is 40.6 Å². The van der Waals surface area contributed by atoms with Crippen molar-refractivity contribution in [3.8, 4) is 0 Å². The van der Waals surface area contributed by atoms with Crippen LogP contribution in [0.4, 0.5) is 0 Å². The second-order valence-corrected chi connectivity index (χ2v) is 3.43. The Hall–Kier alpha value is -0.935. The van der Waals surface area contributed by atoms with E-state index in [0.29, 0.717) is 5.92 Å². The summed E-state index contributed by atoms with van der Waals surface area (Å²) in [5.74, 6) is 0.485. The molecule has 0 aromatic carbocycles. The van der Waals surface area contributed by atoms with Gasteiger partial charge in [-0.25, -0.2) is 0 Å². The molecule has 0 atom stereocenters. The van der Waals surface area contributed by atoms with Crippen LogP contribution >= 0.6 is 0 Å². The minimum Gasteiger partial charge on any atom is -0.117 e. The van der Waals surface area contributed by atoms with Crippen LogP contribution in [0, 0.1) is 5.92 Å². The van der Waals surface area contributed by atoms with Gasteiger partial charge >= 0.3 is 0 Å². The maximum absolute atomic E-state index is 5.76. The van der Waals surface area contributed by atoms with Crippen molar-refractivity contribution in [3.63, 3.8) is 0 Å². The van der Waals surface area contributed by atoms with Crippen LogP contribution < -0.4 is 0 Å². The van der Waals surface area contributed by atoms with Gasteiger partial charge in [0.2, 0.25) is 0 Å². The van der Waals surface area contributed by atoms with Crippen molar-refractivity contribution in [1.82, 2.24) is 0 Å². The molecule has 1 heteroatoms. The fourth-order valence-electron chi connectivity index (χ4n) is 1.10. The molecule has 2 radical (unpaired) electrons. The molecule has 0 N–H and O–H groups in total. The highest BCUT2D eigenvalue weighted by molar-refractivity contribution is 6.23. The summed E-state index contributed by atoms with van der Waals surface area (Å²) >= 11 is 0. The van der Waals surface area contributed by atoms with E-state index in [-0.39, 0.29) is 0 Å². The first kappa shape index (κ1) is 9.16. The quantitative estimate of drug-likeness (QED) is 0.404. The third-order valence-corrected chi connectivity index (χ3v) is 1.81. The molecular formula is C11H13B. The molecule has 0 unspecified atom stereocenters. The molecular weight excluding hydrogens is 143 g/mol. The first-order valence-corrected chi connectivity index (χ1v) is 4.21. The van der Waals surface area contributed by atoms with Crippen molar-refractivity contribution in [1.29, 1.82) is 0 Å². The highest BCUT2D eigenvalue weighted by atomic mass is 14.0. The van der Waals surface area contributed by atoms with Crippen molar-refractivity contribution in [2.24, 2.45) is 5.92 Å². The maximum Gasteiger partial charge on any atom is 0.113 e. The Bertz CT molecular complexity index is 297. The van der Waals surface area contributed by atoms with Crippen LogP contribution in [-0.4, -0.2) is 7.85 Å². The summed E-state index contributed by atoms with van der Waals surface area (Å²) in [7, 11) is 5.76. The second-order valence-electron chi connectivity index (χ2n) is 3.43. The Morgan fingerprint density at radius 3 is 2.58 bits per heavy atom. The second kappa shape index (κ2) is 3.64. The Kier molecular flexibility index (Phi) is 2.78. The third-order valence-electron chi connectivity index (χ3n) is 1.81. The molecule has 0 aliphatic heterocycles. The van der Waals surface area contributed by atoms with E-state index in [2.05, 4.69) is 19.6 Å². The smallest absolute Gasteiger partial charge is 0.113 e. The largest absolute Gasteiger partial charge is 0.117 e. The Labute approximate surface area is 75.8 Å². The summed E-state index contributed by atoms with van der Waals surface area (Å²) in [5, 5.41) is 0. The standard InChI is InChI=1S/C11H13B/c1-8(2)10-5-4-9(3)6-11(12)7-10/h4,6-8H,1-3H3. The van der Waals surface area contributed by atoms with Gasteiger partial charge in [-0.1, -0.05) is 31.5 Å². The van der Waals surface area contributed by atoms with Gasteiger partial charge < -0.3 is 0 Å². The molecule has 0 aromatic heterocycles. The van der Waals surface area contributed by atoms with Gasteiger partial charge in [0.25, 0.3) is 0 Å². The third kappa shape index (κ3) is 2.28. The first-order valence-electron chi connectivity index (χ1n) is 4.21. The average Bonchev–Trinajstić information content (AvgIpc) is 2.11. The molecule has 1 aliphatic carbocycles. The van der Waals surface area contributed by atoms with E-state index in [4.69, 9.17) is 7.85 Å². The molecule has 0 fully saturated rings. The lowest BCUT2D eigenvalue weighted by Gasteiger charge is -2.02. The Morgan fingerprint density at radius 2 is 2.00 bits per heavy atom. The van der Waals surface area contributed by atoms with Crippen molar-refractivity contribution in [3.05, 3.63) is 40.6 Å². The minimum absolute atomic E-state index is 0.485. The summed E-state index contributed by atoms with van der Waals surface area (Å²) in [5.41, 5.74) is 6.36. The molecule has 0 bridgehead atoms. The van der Waals surface area contributed by atoms with Gasteiger partial charge in [-0.05, 0) is 30.1 Å². The number of rotatable bonds is 1. The number of hydrogen-bond acceptors (Lipinski definition) is 0. The van der Waals surface area contributed by atoms with E-state index in [1.54, 1.807) is 0 Å².